The van der Waals surface area contributed by atoms with Crippen LogP contribution in [0.1, 0.15) is 139 Å². The Morgan fingerprint density at radius 2 is 1.67 bits per heavy atom. The van der Waals surface area contributed by atoms with Gasteiger partial charge < -0.3 is 14.9 Å². The predicted octanol–water partition coefficient (Wildman–Crippen LogP) is 8.09. The zero-order chi connectivity index (χ0) is 29.0. The number of carbonyl (C=O) groups is 2. The lowest BCUT2D eigenvalue weighted by molar-refractivity contribution is -0.170. The summed E-state index contributed by atoms with van der Waals surface area (Å²) in [6.45, 7) is 18.6. The molecule has 0 unspecified atom stereocenters. The summed E-state index contributed by atoms with van der Waals surface area (Å²) in [7, 11) is 0. The van der Waals surface area contributed by atoms with E-state index in [1.165, 1.54) is 32.1 Å². The van der Waals surface area contributed by atoms with Crippen molar-refractivity contribution in [3.8, 4) is 0 Å². The molecule has 0 saturated heterocycles. The predicted molar refractivity (Wildman–Crippen MR) is 155 cm³/mol. The number of allylic oxidation sites excluding steroid dienone is 2. The molecule has 7 atom stereocenters. The number of esters is 1. The van der Waals surface area contributed by atoms with Gasteiger partial charge in [-0.1, -0.05) is 65.5 Å². The van der Waals surface area contributed by atoms with E-state index in [-0.39, 0.29) is 41.2 Å². The number of aliphatic hydroxyl groups is 1. The number of carboxylic acids is 1. The third-order valence-electron chi connectivity index (χ3n) is 12.7. The van der Waals surface area contributed by atoms with Gasteiger partial charge in [-0.3, -0.25) is 9.59 Å². The van der Waals surface area contributed by atoms with Crippen molar-refractivity contribution >= 4 is 11.9 Å². The number of carboxylic acid groups (broad SMARTS) is 1. The second-order valence-corrected chi connectivity index (χ2v) is 15.8. The topological polar surface area (TPSA) is 83.8 Å². The van der Waals surface area contributed by atoms with Crippen molar-refractivity contribution < 1.29 is 24.5 Å². The zero-order valence-electron chi connectivity index (χ0n) is 26.1. The van der Waals surface area contributed by atoms with Crippen LogP contribution in [0.4, 0.5) is 0 Å². The largest absolute Gasteiger partial charge is 0.481 e. The molecule has 4 aliphatic rings. The molecular weight excluding hydrogens is 488 g/mol. The zero-order valence-corrected chi connectivity index (χ0v) is 26.1. The first-order valence-corrected chi connectivity index (χ1v) is 15.8. The second kappa shape index (κ2) is 10.5. The van der Waals surface area contributed by atoms with Gasteiger partial charge in [0.15, 0.2) is 0 Å². The van der Waals surface area contributed by atoms with Gasteiger partial charge in [-0.25, -0.2) is 0 Å². The second-order valence-electron chi connectivity index (χ2n) is 15.8. The van der Waals surface area contributed by atoms with Crippen LogP contribution < -0.4 is 0 Å². The molecule has 0 aromatic carbocycles. The lowest BCUT2D eigenvalue weighted by atomic mass is 9.43. The summed E-state index contributed by atoms with van der Waals surface area (Å²) in [5.74, 6) is 0.550. The quantitative estimate of drug-likeness (QED) is 0.226. The number of hydrogen-bond acceptors (Lipinski definition) is 4. The van der Waals surface area contributed by atoms with Gasteiger partial charge in [0.2, 0.25) is 0 Å². The summed E-state index contributed by atoms with van der Waals surface area (Å²) in [6.07, 6.45) is 12.1. The van der Waals surface area contributed by atoms with Gasteiger partial charge in [0.25, 0.3) is 0 Å². The van der Waals surface area contributed by atoms with Crippen LogP contribution >= 0.6 is 0 Å². The van der Waals surface area contributed by atoms with Gasteiger partial charge in [0.1, 0.15) is 6.10 Å². The van der Waals surface area contributed by atoms with Crippen LogP contribution in [0.15, 0.2) is 11.1 Å². The number of hydrogen-bond donors (Lipinski definition) is 2. The summed E-state index contributed by atoms with van der Waals surface area (Å²) in [5, 5.41) is 19.2. The first kappa shape index (κ1) is 30.6. The first-order chi connectivity index (χ1) is 18.0. The van der Waals surface area contributed by atoms with Crippen molar-refractivity contribution in [1.29, 1.82) is 0 Å². The SMILES string of the molecule is C[C@H](CCCC(C)(C)O)[C@H]1CC[C@@]2(C)C3=C(CC[C@]12C)[C@@]1(C)CC[C@H](OC(=O)CCC(=O)O)C(C)(C)[C@@H]1CC3. The molecule has 2 saturated carbocycles. The minimum atomic E-state index is -0.954. The molecule has 0 aromatic heterocycles. The van der Waals surface area contributed by atoms with Crippen LogP contribution in [0, 0.1) is 39.4 Å². The van der Waals surface area contributed by atoms with Crippen molar-refractivity contribution in [3.05, 3.63) is 11.1 Å². The molecule has 222 valence electrons. The average Bonchev–Trinajstić information content (AvgIpc) is 3.10. The summed E-state index contributed by atoms with van der Waals surface area (Å²) < 4.78 is 5.95. The fraction of sp³-hybridized carbons (Fsp3) is 0.882. The van der Waals surface area contributed by atoms with E-state index in [2.05, 4.69) is 41.5 Å². The molecule has 0 aliphatic heterocycles. The Morgan fingerprint density at radius 1 is 0.974 bits per heavy atom. The van der Waals surface area contributed by atoms with Gasteiger partial charge in [-0.15, -0.1) is 0 Å². The van der Waals surface area contributed by atoms with E-state index in [0.717, 1.165) is 44.4 Å². The highest BCUT2D eigenvalue weighted by Crippen LogP contribution is 2.72. The van der Waals surface area contributed by atoms with Gasteiger partial charge in [0.05, 0.1) is 18.4 Å². The summed E-state index contributed by atoms with van der Waals surface area (Å²) >= 11 is 0. The van der Waals surface area contributed by atoms with Crippen molar-refractivity contribution in [2.45, 2.75) is 151 Å². The maximum atomic E-state index is 12.5. The van der Waals surface area contributed by atoms with Crippen LogP contribution in [0.2, 0.25) is 0 Å². The fourth-order valence-corrected chi connectivity index (χ4v) is 10.3. The normalized spacial score (nSPS) is 38.4. The molecule has 0 spiro atoms. The number of ether oxygens (including phenoxy) is 1. The Balaban J connectivity index is 1.53. The molecule has 0 amide bonds. The van der Waals surface area contributed by atoms with E-state index in [1.807, 2.05) is 13.8 Å². The first-order valence-electron chi connectivity index (χ1n) is 15.8. The third kappa shape index (κ3) is 5.35. The Morgan fingerprint density at radius 3 is 2.31 bits per heavy atom. The van der Waals surface area contributed by atoms with Crippen LogP contribution in [0.25, 0.3) is 0 Å². The molecule has 0 aromatic rings. The molecular formula is C34H56O5. The number of carbonyl (C=O) groups excluding carboxylic acids is 1. The van der Waals surface area contributed by atoms with Crippen molar-refractivity contribution in [2.75, 3.05) is 0 Å². The maximum Gasteiger partial charge on any atom is 0.306 e. The monoisotopic (exact) mass is 544 g/mol. The van der Waals surface area contributed by atoms with E-state index >= 15 is 0 Å². The smallest absolute Gasteiger partial charge is 0.306 e. The summed E-state index contributed by atoms with van der Waals surface area (Å²) in [6, 6.07) is 0. The van der Waals surface area contributed by atoms with E-state index in [4.69, 9.17) is 9.84 Å². The van der Waals surface area contributed by atoms with Crippen LogP contribution in [-0.4, -0.2) is 33.9 Å². The molecule has 0 bridgehead atoms. The molecule has 39 heavy (non-hydrogen) atoms. The Kier molecular flexibility index (Phi) is 8.22. The highest BCUT2D eigenvalue weighted by atomic mass is 16.5. The van der Waals surface area contributed by atoms with Crippen LogP contribution in [-0.2, 0) is 14.3 Å². The molecule has 4 rings (SSSR count). The highest BCUT2D eigenvalue weighted by Gasteiger charge is 2.63. The number of rotatable bonds is 9. The Hall–Kier alpha value is -1.36. The van der Waals surface area contributed by atoms with Gasteiger partial charge in [0, 0.05) is 5.41 Å². The van der Waals surface area contributed by atoms with Crippen molar-refractivity contribution in [3.63, 3.8) is 0 Å². The lowest BCUT2D eigenvalue weighted by Crippen LogP contribution is -2.55. The fourth-order valence-electron chi connectivity index (χ4n) is 10.3. The standard InChI is InChI=1S/C34H56O5/c1-22(10-9-18-30(2,3)38)23-15-20-34(8)25-11-12-26-31(4,5)27(39-29(37)14-13-28(35)36)17-19-32(26,6)24(25)16-21-33(23,34)7/h22-23,26-27,38H,9-21H2,1-8H3,(H,35,36)/t22-,23-,26+,27+,32-,33-,34+/m1/s1. The lowest BCUT2D eigenvalue weighted by Gasteiger charge is -2.62. The van der Waals surface area contributed by atoms with Crippen LogP contribution in [0.5, 0.6) is 0 Å². The minimum absolute atomic E-state index is 0.0482. The molecule has 2 N–H and O–H groups in total. The van der Waals surface area contributed by atoms with E-state index in [9.17, 15) is 14.7 Å². The van der Waals surface area contributed by atoms with Gasteiger partial charge >= 0.3 is 11.9 Å². The van der Waals surface area contributed by atoms with Gasteiger partial charge in [-0.05, 0) is 106 Å². The molecule has 4 aliphatic carbocycles. The molecule has 0 radical (unpaired) electrons. The Bertz CT molecular complexity index is 988. The highest BCUT2D eigenvalue weighted by molar-refractivity contribution is 5.76. The van der Waals surface area contributed by atoms with E-state index in [1.54, 1.807) is 11.1 Å². The van der Waals surface area contributed by atoms with Gasteiger partial charge in [-0.2, -0.15) is 0 Å². The maximum absolute atomic E-state index is 12.5. The molecule has 5 nitrogen and oxygen atoms in total. The van der Waals surface area contributed by atoms with Crippen molar-refractivity contribution in [2.24, 2.45) is 39.4 Å². The minimum Gasteiger partial charge on any atom is -0.481 e. The third-order valence-corrected chi connectivity index (χ3v) is 12.7. The summed E-state index contributed by atoms with van der Waals surface area (Å²) in [5.41, 5.74) is 3.52. The van der Waals surface area contributed by atoms with E-state index < -0.39 is 11.6 Å². The van der Waals surface area contributed by atoms with Crippen molar-refractivity contribution in [1.82, 2.24) is 0 Å². The van der Waals surface area contributed by atoms with E-state index in [0.29, 0.717) is 17.3 Å². The average molecular weight is 545 g/mol. The Labute approximate surface area is 237 Å². The summed E-state index contributed by atoms with van der Waals surface area (Å²) in [4.78, 5) is 23.4. The molecule has 0 heterocycles. The number of fused-ring (bicyclic) bond motifs is 4. The molecule has 2 fully saturated rings. The van der Waals surface area contributed by atoms with Crippen LogP contribution in [0.3, 0.4) is 0 Å². The molecule has 5 heteroatoms. The number of aliphatic carboxylic acids is 1.